The Morgan fingerprint density at radius 2 is 0.455 bits per heavy atom. The minimum absolute atomic E-state index is 0.108. The highest BCUT2D eigenvalue weighted by molar-refractivity contribution is 7.47. The van der Waals surface area contributed by atoms with Crippen molar-refractivity contribution in [3.05, 3.63) is 0 Å². The van der Waals surface area contributed by atoms with Crippen LogP contribution in [0.15, 0.2) is 0 Å². The van der Waals surface area contributed by atoms with Gasteiger partial charge >= 0.3 is 39.5 Å². The van der Waals surface area contributed by atoms with Crippen molar-refractivity contribution in [2.75, 3.05) is 39.6 Å². The van der Waals surface area contributed by atoms with E-state index in [-0.39, 0.29) is 25.7 Å². The lowest BCUT2D eigenvalue weighted by atomic mass is 10.0. The van der Waals surface area contributed by atoms with E-state index in [1.807, 2.05) is 0 Å². The topological polar surface area (TPSA) is 237 Å². The summed E-state index contributed by atoms with van der Waals surface area (Å²) in [5.41, 5.74) is 0. The average molecular weight is 1480 g/mol. The lowest BCUT2D eigenvalue weighted by molar-refractivity contribution is -0.161. The third-order valence-electron chi connectivity index (χ3n) is 19.3. The van der Waals surface area contributed by atoms with Crippen LogP contribution in [0, 0.1) is 5.92 Å². The first kappa shape index (κ1) is 99.1. The summed E-state index contributed by atoms with van der Waals surface area (Å²) in [4.78, 5) is 72.9. The van der Waals surface area contributed by atoms with Gasteiger partial charge in [0, 0.05) is 25.7 Å². The molecule has 0 rings (SSSR count). The van der Waals surface area contributed by atoms with Gasteiger partial charge < -0.3 is 33.8 Å². The van der Waals surface area contributed by atoms with Gasteiger partial charge in [-0.05, 0) is 31.6 Å². The van der Waals surface area contributed by atoms with Gasteiger partial charge in [0.25, 0.3) is 0 Å². The minimum Gasteiger partial charge on any atom is -0.462 e. The Labute approximate surface area is 619 Å². The van der Waals surface area contributed by atoms with E-state index in [2.05, 4.69) is 34.6 Å². The van der Waals surface area contributed by atoms with Crippen molar-refractivity contribution in [3.63, 3.8) is 0 Å². The Kier molecular flexibility index (Phi) is 73.5. The molecule has 0 aliphatic rings. The molecule has 17 nitrogen and oxygen atoms in total. The molecule has 0 saturated heterocycles. The monoisotopic (exact) mass is 1480 g/mol. The van der Waals surface area contributed by atoms with Gasteiger partial charge in [-0.15, -0.1) is 0 Å². The predicted molar refractivity (Wildman–Crippen MR) is 414 cm³/mol. The van der Waals surface area contributed by atoms with Crippen molar-refractivity contribution in [2.45, 2.75) is 457 Å². The SMILES string of the molecule is CCCCCCCCCCCCCCCCCCCCCCCCC(=O)O[C@H](COC(=O)CCCCCCCCCCCCCCCCCCC(C)C)COP(=O)(O)OC[C@@H](O)COP(=O)(O)OC[C@@H](COC(=O)CCCCCCCCC)OC(=O)CCCCCCCCCCCCCCC. The molecule has 0 aromatic rings. The first-order chi connectivity index (χ1) is 49.0. The summed E-state index contributed by atoms with van der Waals surface area (Å²) in [7, 11) is -9.91. The average Bonchev–Trinajstić information content (AvgIpc) is 0.982. The molecule has 0 fully saturated rings. The van der Waals surface area contributed by atoms with Gasteiger partial charge in [-0.25, -0.2) is 9.13 Å². The number of rotatable bonds is 82. The molecule has 600 valence electrons. The lowest BCUT2D eigenvalue weighted by Gasteiger charge is -2.21. The predicted octanol–water partition coefficient (Wildman–Crippen LogP) is 24.8. The number of hydrogen-bond donors (Lipinski definition) is 3. The second-order valence-electron chi connectivity index (χ2n) is 30.0. The van der Waals surface area contributed by atoms with Crippen molar-refractivity contribution >= 4 is 39.5 Å². The molecule has 0 aromatic heterocycles. The lowest BCUT2D eigenvalue weighted by Crippen LogP contribution is -2.30. The molecule has 3 N–H and O–H groups in total. The van der Waals surface area contributed by atoms with Crippen molar-refractivity contribution < 1.29 is 80.2 Å². The number of aliphatic hydroxyl groups is 1. The molecule has 0 heterocycles. The maximum atomic E-state index is 13.1. The van der Waals surface area contributed by atoms with E-state index >= 15 is 0 Å². The number of hydrogen-bond acceptors (Lipinski definition) is 15. The number of carbonyl (C=O) groups is 4. The van der Waals surface area contributed by atoms with E-state index < -0.39 is 97.5 Å². The molecular formula is C82H160O17P2. The molecule has 2 unspecified atom stereocenters. The van der Waals surface area contributed by atoms with Crippen LogP contribution in [-0.2, 0) is 65.4 Å². The van der Waals surface area contributed by atoms with Crippen LogP contribution in [0.25, 0.3) is 0 Å². The van der Waals surface area contributed by atoms with Gasteiger partial charge in [-0.1, -0.05) is 388 Å². The molecule has 5 atom stereocenters. The highest BCUT2D eigenvalue weighted by Crippen LogP contribution is 2.45. The maximum absolute atomic E-state index is 13.1. The summed E-state index contributed by atoms with van der Waals surface area (Å²) in [6.07, 6.45) is 66.9. The number of phosphoric acid groups is 2. The van der Waals surface area contributed by atoms with E-state index in [9.17, 15) is 43.2 Å². The Balaban J connectivity index is 5.15. The van der Waals surface area contributed by atoms with E-state index in [1.54, 1.807) is 0 Å². The van der Waals surface area contributed by atoms with Crippen LogP contribution < -0.4 is 0 Å². The second kappa shape index (κ2) is 74.9. The van der Waals surface area contributed by atoms with Crippen LogP contribution in [-0.4, -0.2) is 96.7 Å². The van der Waals surface area contributed by atoms with Gasteiger partial charge in [0.05, 0.1) is 26.4 Å². The third kappa shape index (κ3) is 76.1. The Morgan fingerprint density at radius 1 is 0.267 bits per heavy atom. The highest BCUT2D eigenvalue weighted by atomic mass is 31.2. The summed E-state index contributed by atoms with van der Waals surface area (Å²) in [5.74, 6) is -1.30. The van der Waals surface area contributed by atoms with Crippen molar-refractivity contribution in [1.29, 1.82) is 0 Å². The molecule has 0 bridgehead atoms. The van der Waals surface area contributed by atoms with Crippen LogP contribution in [0.1, 0.15) is 439 Å². The zero-order chi connectivity index (χ0) is 74.1. The summed E-state index contributed by atoms with van der Waals surface area (Å²) in [6.45, 7) is 7.32. The first-order valence-corrected chi connectivity index (χ1v) is 45.6. The van der Waals surface area contributed by atoms with Crippen molar-refractivity contribution in [3.8, 4) is 0 Å². The standard InChI is InChI=1S/C82H160O17P2/c1-6-9-12-15-18-20-22-24-25-26-27-28-29-30-31-36-40-44-48-53-58-63-68-82(87)99-78(72-93-80(85)66-61-56-51-46-42-39-35-33-32-34-38-41-45-50-54-59-64-75(4)5)74-97-101(90,91)95-70-76(83)69-94-100(88,89)96-73-77(71-92-79(84)65-60-55-49-17-14-11-8-3)98-81(86)67-62-57-52-47-43-37-23-21-19-16-13-10-7-2/h75-78,83H,6-74H2,1-5H3,(H,88,89)(H,90,91)/t76-,77+,78+/m0/s1. The van der Waals surface area contributed by atoms with Crippen LogP contribution >= 0.6 is 15.6 Å². The van der Waals surface area contributed by atoms with Crippen molar-refractivity contribution in [2.24, 2.45) is 5.92 Å². The second-order valence-corrected chi connectivity index (χ2v) is 32.9. The van der Waals surface area contributed by atoms with Crippen LogP contribution in [0.3, 0.4) is 0 Å². The van der Waals surface area contributed by atoms with E-state index in [0.717, 1.165) is 109 Å². The van der Waals surface area contributed by atoms with E-state index in [1.165, 1.54) is 250 Å². The van der Waals surface area contributed by atoms with Crippen LogP contribution in [0.2, 0.25) is 0 Å². The first-order valence-electron chi connectivity index (χ1n) is 42.6. The zero-order valence-corrected chi connectivity index (χ0v) is 67.8. The molecule has 101 heavy (non-hydrogen) atoms. The number of phosphoric ester groups is 2. The highest BCUT2D eigenvalue weighted by Gasteiger charge is 2.30. The molecule has 0 aliphatic heterocycles. The molecule has 0 amide bonds. The smallest absolute Gasteiger partial charge is 0.462 e. The molecule has 0 aromatic carbocycles. The Hall–Kier alpha value is -1.94. The molecule has 0 radical (unpaired) electrons. The molecule has 0 aliphatic carbocycles. The normalized spacial score (nSPS) is 13.8. The Bertz CT molecular complexity index is 1930. The van der Waals surface area contributed by atoms with Gasteiger partial charge in [-0.3, -0.25) is 37.3 Å². The van der Waals surface area contributed by atoms with Crippen LogP contribution in [0.4, 0.5) is 0 Å². The fourth-order valence-corrected chi connectivity index (χ4v) is 14.3. The summed E-state index contributed by atoms with van der Waals surface area (Å²) < 4.78 is 68.6. The van der Waals surface area contributed by atoms with Gasteiger partial charge in [-0.2, -0.15) is 0 Å². The zero-order valence-electron chi connectivity index (χ0n) is 66.1. The van der Waals surface area contributed by atoms with Gasteiger partial charge in [0.1, 0.15) is 19.3 Å². The largest absolute Gasteiger partial charge is 0.472 e. The third-order valence-corrected chi connectivity index (χ3v) is 21.2. The summed E-state index contributed by atoms with van der Waals surface area (Å²) in [6, 6.07) is 0. The van der Waals surface area contributed by atoms with Crippen LogP contribution in [0.5, 0.6) is 0 Å². The van der Waals surface area contributed by atoms with Gasteiger partial charge in [0.15, 0.2) is 12.2 Å². The maximum Gasteiger partial charge on any atom is 0.472 e. The van der Waals surface area contributed by atoms with E-state index in [0.29, 0.717) is 25.7 Å². The molecular weight excluding hydrogens is 1320 g/mol. The number of unbranched alkanes of at least 4 members (excludes halogenated alkanes) is 54. The number of esters is 4. The molecule has 0 spiro atoms. The fraction of sp³-hybridized carbons (Fsp3) is 0.951. The van der Waals surface area contributed by atoms with Gasteiger partial charge in [0.2, 0.25) is 0 Å². The molecule has 19 heteroatoms. The summed E-state index contributed by atoms with van der Waals surface area (Å²) >= 11 is 0. The quantitative estimate of drug-likeness (QED) is 0.0222. The number of carbonyl (C=O) groups excluding carboxylic acids is 4. The summed E-state index contributed by atoms with van der Waals surface area (Å²) in [5, 5.41) is 10.6. The number of ether oxygens (including phenoxy) is 4. The minimum atomic E-state index is -4.96. The molecule has 0 saturated carbocycles. The van der Waals surface area contributed by atoms with Crippen molar-refractivity contribution in [1.82, 2.24) is 0 Å². The van der Waals surface area contributed by atoms with E-state index in [4.69, 9.17) is 37.0 Å². The number of aliphatic hydroxyl groups excluding tert-OH is 1. The fourth-order valence-electron chi connectivity index (χ4n) is 12.8. The Morgan fingerprint density at radius 3 is 0.673 bits per heavy atom.